The van der Waals surface area contributed by atoms with Crippen LogP contribution >= 0.6 is 11.6 Å². The van der Waals surface area contributed by atoms with E-state index in [1.807, 2.05) is 0 Å². The number of hydrogen-bond acceptors (Lipinski definition) is 6. The minimum atomic E-state index is -3.85. The second kappa shape index (κ2) is 8.93. The average molecular weight is 447 g/mol. The summed E-state index contributed by atoms with van der Waals surface area (Å²) in [4.78, 5) is 22.0. The molecule has 30 heavy (non-hydrogen) atoms. The summed E-state index contributed by atoms with van der Waals surface area (Å²) >= 11 is 5.85. The SMILES string of the molecule is O=C(COc1cccc(Cl)c1)Nc1ccc(S(=O)(=O)c2ccc([N+](=O)[O-])cc2)cc1. The molecule has 0 saturated heterocycles. The molecule has 1 amide bonds. The lowest BCUT2D eigenvalue weighted by molar-refractivity contribution is -0.384. The lowest BCUT2D eigenvalue weighted by Gasteiger charge is -2.09. The molecule has 3 aromatic rings. The van der Waals surface area contributed by atoms with E-state index in [0.29, 0.717) is 16.5 Å². The highest BCUT2D eigenvalue weighted by atomic mass is 35.5. The van der Waals surface area contributed by atoms with E-state index in [1.54, 1.807) is 24.3 Å². The standard InChI is InChI=1S/C20H15ClN2O6S/c21-14-2-1-3-17(12-14)29-13-20(24)22-15-4-8-18(9-5-15)30(27,28)19-10-6-16(7-11-19)23(25)26/h1-12H,13H2,(H,22,24). The number of non-ortho nitro benzene ring substituents is 1. The number of nitrogens with zero attached hydrogens (tertiary/aromatic N) is 1. The van der Waals surface area contributed by atoms with Gasteiger partial charge in [-0.15, -0.1) is 0 Å². The third-order valence-electron chi connectivity index (χ3n) is 3.97. The topological polar surface area (TPSA) is 116 Å². The summed E-state index contributed by atoms with van der Waals surface area (Å²) in [5, 5.41) is 13.8. The molecular weight excluding hydrogens is 432 g/mol. The molecule has 1 N–H and O–H groups in total. The number of nitrogens with one attached hydrogen (secondary N) is 1. The second-order valence-corrected chi connectivity index (χ2v) is 8.46. The Hall–Kier alpha value is -3.43. The van der Waals surface area contributed by atoms with Gasteiger partial charge in [0.1, 0.15) is 5.75 Å². The average Bonchev–Trinajstić information content (AvgIpc) is 2.73. The maximum atomic E-state index is 12.6. The summed E-state index contributed by atoms with van der Waals surface area (Å²) in [6.07, 6.45) is 0. The maximum Gasteiger partial charge on any atom is 0.269 e. The molecule has 0 aliphatic rings. The zero-order valence-electron chi connectivity index (χ0n) is 15.3. The van der Waals surface area contributed by atoms with Crippen molar-refractivity contribution in [3.63, 3.8) is 0 Å². The fourth-order valence-electron chi connectivity index (χ4n) is 2.50. The molecule has 154 valence electrons. The summed E-state index contributed by atoms with van der Waals surface area (Å²) in [6.45, 7) is -0.247. The Morgan fingerprint density at radius 2 is 1.60 bits per heavy atom. The fourth-order valence-corrected chi connectivity index (χ4v) is 3.94. The Kier molecular flexibility index (Phi) is 6.34. The van der Waals surface area contributed by atoms with Crippen LogP contribution in [0.2, 0.25) is 5.02 Å². The van der Waals surface area contributed by atoms with Crippen LogP contribution in [0.5, 0.6) is 5.75 Å². The molecule has 0 bridgehead atoms. The van der Waals surface area contributed by atoms with E-state index in [4.69, 9.17) is 16.3 Å². The van der Waals surface area contributed by atoms with Crippen LogP contribution in [0.4, 0.5) is 11.4 Å². The van der Waals surface area contributed by atoms with Gasteiger partial charge in [-0.1, -0.05) is 17.7 Å². The van der Waals surface area contributed by atoms with Crippen molar-refractivity contribution >= 4 is 38.7 Å². The number of nitro benzene ring substituents is 1. The lowest BCUT2D eigenvalue weighted by atomic mass is 10.3. The van der Waals surface area contributed by atoms with E-state index in [0.717, 1.165) is 12.1 Å². The molecule has 0 aliphatic heterocycles. The van der Waals surface area contributed by atoms with E-state index in [9.17, 15) is 23.3 Å². The summed E-state index contributed by atoms with van der Waals surface area (Å²) in [5.74, 6) is 0.0168. The van der Waals surface area contributed by atoms with Crippen LogP contribution in [0.1, 0.15) is 0 Å². The molecule has 0 aliphatic carbocycles. The van der Waals surface area contributed by atoms with Crippen LogP contribution in [0.3, 0.4) is 0 Å². The number of amides is 1. The number of sulfone groups is 1. The van der Waals surface area contributed by atoms with E-state index >= 15 is 0 Å². The highest BCUT2D eigenvalue weighted by Crippen LogP contribution is 2.24. The summed E-state index contributed by atoms with van der Waals surface area (Å²) in [5.41, 5.74) is 0.185. The molecule has 10 heteroatoms. The number of carbonyl (C=O) groups excluding carboxylic acids is 1. The summed E-state index contributed by atoms with van der Waals surface area (Å²) in [7, 11) is -3.85. The summed E-state index contributed by atoms with van der Waals surface area (Å²) in [6, 6.07) is 16.8. The predicted octanol–water partition coefficient (Wildman–Crippen LogP) is 4.10. The lowest BCUT2D eigenvalue weighted by Crippen LogP contribution is -2.20. The minimum Gasteiger partial charge on any atom is -0.484 e. The first-order valence-electron chi connectivity index (χ1n) is 8.53. The van der Waals surface area contributed by atoms with Crippen molar-refractivity contribution in [1.29, 1.82) is 0 Å². The number of carbonyl (C=O) groups is 1. The second-order valence-electron chi connectivity index (χ2n) is 6.07. The van der Waals surface area contributed by atoms with Crippen molar-refractivity contribution in [2.24, 2.45) is 0 Å². The van der Waals surface area contributed by atoms with Crippen LogP contribution in [0.15, 0.2) is 82.6 Å². The fraction of sp³-hybridized carbons (Fsp3) is 0.0500. The molecule has 0 heterocycles. The van der Waals surface area contributed by atoms with Crippen LogP contribution < -0.4 is 10.1 Å². The predicted molar refractivity (Wildman–Crippen MR) is 111 cm³/mol. The van der Waals surface area contributed by atoms with E-state index < -0.39 is 20.7 Å². The van der Waals surface area contributed by atoms with Gasteiger partial charge in [-0.2, -0.15) is 0 Å². The highest BCUT2D eigenvalue weighted by Gasteiger charge is 2.19. The quantitative estimate of drug-likeness (QED) is 0.431. The smallest absolute Gasteiger partial charge is 0.269 e. The van der Waals surface area contributed by atoms with Crippen molar-refractivity contribution in [3.05, 3.63) is 87.9 Å². The Bertz CT molecular complexity index is 1180. The van der Waals surface area contributed by atoms with Gasteiger partial charge in [0, 0.05) is 22.8 Å². The van der Waals surface area contributed by atoms with E-state index in [-0.39, 0.29) is 22.1 Å². The van der Waals surface area contributed by atoms with Gasteiger partial charge < -0.3 is 10.1 Å². The molecule has 0 spiro atoms. The number of ether oxygens (including phenoxy) is 1. The van der Waals surface area contributed by atoms with Gasteiger partial charge in [-0.25, -0.2) is 8.42 Å². The van der Waals surface area contributed by atoms with Crippen molar-refractivity contribution in [2.45, 2.75) is 9.79 Å². The van der Waals surface area contributed by atoms with E-state index in [1.165, 1.54) is 36.4 Å². The van der Waals surface area contributed by atoms with Crippen molar-refractivity contribution in [2.75, 3.05) is 11.9 Å². The minimum absolute atomic E-state index is 0.00969. The zero-order chi connectivity index (χ0) is 21.7. The van der Waals surface area contributed by atoms with Crippen LogP contribution in [-0.4, -0.2) is 25.9 Å². The first-order chi connectivity index (χ1) is 14.3. The van der Waals surface area contributed by atoms with E-state index in [2.05, 4.69) is 5.32 Å². The summed E-state index contributed by atoms with van der Waals surface area (Å²) < 4.78 is 30.6. The number of benzene rings is 3. The van der Waals surface area contributed by atoms with Crippen LogP contribution in [0, 0.1) is 10.1 Å². The molecule has 0 unspecified atom stereocenters. The number of hydrogen-bond donors (Lipinski definition) is 1. The van der Waals surface area contributed by atoms with Crippen molar-refractivity contribution in [1.82, 2.24) is 0 Å². The van der Waals surface area contributed by atoms with Gasteiger partial charge in [-0.3, -0.25) is 14.9 Å². The number of halogens is 1. The zero-order valence-corrected chi connectivity index (χ0v) is 16.9. The molecule has 0 aromatic heterocycles. The number of nitro groups is 1. The molecule has 0 radical (unpaired) electrons. The van der Waals surface area contributed by atoms with Crippen LogP contribution in [-0.2, 0) is 14.6 Å². The molecule has 0 saturated carbocycles. The Labute approximate surface area is 177 Å². The Morgan fingerprint density at radius 3 is 2.17 bits per heavy atom. The third-order valence-corrected chi connectivity index (χ3v) is 5.99. The molecule has 3 rings (SSSR count). The largest absolute Gasteiger partial charge is 0.484 e. The van der Waals surface area contributed by atoms with Gasteiger partial charge in [0.05, 0.1) is 14.7 Å². The van der Waals surface area contributed by atoms with Gasteiger partial charge in [0.15, 0.2) is 6.61 Å². The first-order valence-corrected chi connectivity index (χ1v) is 10.4. The Morgan fingerprint density at radius 1 is 1.00 bits per heavy atom. The third kappa shape index (κ3) is 5.13. The number of rotatable bonds is 7. The highest BCUT2D eigenvalue weighted by molar-refractivity contribution is 7.91. The normalized spacial score (nSPS) is 11.0. The van der Waals surface area contributed by atoms with Crippen molar-refractivity contribution < 1.29 is 22.9 Å². The van der Waals surface area contributed by atoms with Crippen molar-refractivity contribution in [3.8, 4) is 5.75 Å². The van der Waals surface area contributed by atoms with Gasteiger partial charge in [0.2, 0.25) is 9.84 Å². The molecule has 3 aromatic carbocycles. The Balaban J connectivity index is 1.65. The molecule has 0 atom stereocenters. The monoisotopic (exact) mass is 446 g/mol. The van der Waals surface area contributed by atoms with Gasteiger partial charge >= 0.3 is 0 Å². The van der Waals surface area contributed by atoms with Gasteiger partial charge in [-0.05, 0) is 54.6 Å². The maximum absolute atomic E-state index is 12.6. The first kappa shape index (κ1) is 21.3. The molecular formula is C20H15ClN2O6S. The van der Waals surface area contributed by atoms with Gasteiger partial charge in [0.25, 0.3) is 11.6 Å². The number of anilines is 1. The molecule has 0 fully saturated rings. The van der Waals surface area contributed by atoms with Crippen LogP contribution in [0.25, 0.3) is 0 Å². The molecule has 8 nitrogen and oxygen atoms in total.